The molecule has 0 bridgehead atoms. The van der Waals surface area contributed by atoms with Crippen LogP contribution in [0.15, 0.2) is 23.2 Å². The van der Waals surface area contributed by atoms with Crippen LogP contribution in [-0.4, -0.2) is 56.6 Å². The molecule has 0 saturated carbocycles. The van der Waals surface area contributed by atoms with Gasteiger partial charge in [-0.2, -0.15) is 0 Å². The second-order valence-electron chi connectivity index (χ2n) is 6.10. The third-order valence-corrected chi connectivity index (χ3v) is 4.24. The van der Waals surface area contributed by atoms with Gasteiger partial charge >= 0.3 is 0 Å². The minimum Gasteiger partial charge on any atom is -0.356 e. The van der Waals surface area contributed by atoms with Crippen LogP contribution in [0.5, 0.6) is 0 Å². The third kappa shape index (κ3) is 6.53. The van der Waals surface area contributed by atoms with Gasteiger partial charge in [-0.1, -0.05) is 0 Å². The Balaban J connectivity index is 1.73. The van der Waals surface area contributed by atoms with E-state index in [1.807, 2.05) is 0 Å². The van der Waals surface area contributed by atoms with E-state index in [2.05, 4.69) is 15.6 Å². The molecular formula is C17H24F4N4. The Morgan fingerprint density at radius 1 is 1.28 bits per heavy atom. The second kappa shape index (κ2) is 9.60. The molecule has 25 heavy (non-hydrogen) atoms. The van der Waals surface area contributed by atoms with Gasteiger partial charge in [-0.05, 0) is 43.0 Å². The van der Waals surface area contributed by atoms with Crippen LogP contribution in [-0.2, 0) is 6.42 Å². The molecule has 2 rings (SSSR count). The van der Waals surface area contributed by atoms with Crippen LogP contribution in [0.3, 0.4) is 0 Å². The Labute approximate surface area is 145 Å². The van der Waals surface area contributed by atoms with Crippen molar-refractivity contribution in [2.24, 2.45) is 4.99 Å². The summed E-state index contributed by atoms with van der Waals surface area (Å²) < 4.78 is 51.5. The first-order chi connectivity index (χ1) is 12.0. The molecule has 0 unspecified atom stereocenters. The molecule has 8 heteroatoms. The van der Waals surface area contributed by atoms with Crippen LogP contribution in [0.4, 0.5) is 17.6 Å². The van der Waals surface area contributed by atoms with E-state index in [4.69, 9.17) is 0 Å². The number of hydrogen-bond acceptors (Lipinski definition) is 2. The van der Waals surface area contributed by atoms with Crippen LogP contribution < -0.4 is 10.6 Å². The lowest BCUT2D eigenvalue weighted by atomic mass is 10.1. The van der Waals surface area contributed by atoms with Crippen LogP contribution in [0.1, 0.15) is 18.4 Å². The summed E-state index contributed by atoms with van der Waals surface area (Å²) in [5, 5.41) is 6.32. The van der Waals surface area contributed by atoms with E-state index >= 15 is 0 Å². The molecule has 140 valence electrons. The normalized spacial score (nSPS) is 17.1. The van der Waals surface area contributed by atoms with E-state index in [1.165, 1.54) is 6.07 Å². The Bertz CT molecular complexity index is 572. The van der Waals surface area contributed by atoms with Crippen LogP contribution in [0, 0.1) is 11.6 Å². The van der Waals surface area contributed by atoms with Crippen molar-refractivity contribution in [3.05, 3.63) is 35.4 Å². The number of hydrogen-bond donors (Lipinski definition) is 2. The first-order valence-electron chi connectivity index (χ1n) is 8.39. The smallest absolute Gasteiger partial charge is 0.251 e. The maximum Gasteiger partial charge on any atom is 0.251 e. The van der Waals surface area contributed by atoms with Crippen molar-refractivity contribution in [2.75, 3.05) is 33.2 Å². The van der Waals surface area contributed by atoms with Gasteiger partial charge in [0.1, 0.15) is 11.6 Å². The fourth-order valence-electron chi connectivity index (χ4n) is 2.89. The fourth-order valence-corrected chi connectivity index (χ4v) is 2.89. The van der Waals surface area contributed by atoms with Gasteiger partial charge < -0.3 is 10.6 Å². The molecule has 1 aliphatic heterocycles. The molecule has 2 N–H and O–H groups in total. The zero-order chi connectivity index (χ0) is 18.2. The highest BCUT2D eigenvalue weighted by molar-refractivity contribution is 5.79. The SMILES string of the molecule is CN=C(NCCc1cc(F)ccc1F)NC1CCN(CC(F)F)CC1. The average Bonchev–Trinajstić information content (AvgIpc) is 2.58. The van der Waals surface area contributed by atoms with Crippen molar-refractivity contribution in [1.29, 1.82) is 0 Å². The lowest BCUT2D eigenvalue weighted by Gasteiger charge is -2.32. The van der Waals surface area contributed by atoms with E-state index in [9.17, 15) is 17.6 Å². The third-order valence-electron chi connectivity index (χ3n) is 4.24. The number of piperidine rings is 1. The predicted octanol–water partition coefficient (Wildman–Crippen LogP) is 2.40. The fraction of sp³-hybridized carbons (Fsp3) is 0.588. The summed E-state index contributed by atoms with van der Waals surface area (Å²) in [4.78, 5) is 5.87. The first-order valence-corrected chi connectivity index (χ1v) is 8.39. The van der Waals surface area contributed by atoms with E-state index in [0.717, 1.165) is 25.0 Å². The van der Waals surface area contributed by atoms with Crippen molar-refractivity contribution >= 4 is 5.96 Å². The van der Waals surface area contributed by atoms with Gasteiger partial charge in [0.2, 0.25) is 0 Å². The van der Waals surface area contributed by atoms with Gasteiger partial charge in [-0.25, -0.2) is 17.6 Å². The zero-order valence-corrected chi connectivity index (χ0v) is 14.2. The van der Waals surface area contributed by atoms with E-state index in [0.29, 0.717) is 37.6 Å². The first kappa shape index (κ1) is 19.5. The maximum atomic E-state index is 13.6. The molecule has 1 aliphatic rings. The van der Waals surface area contributed by atoms with Gasteiger partial charge in [-0.3, -0.25) is 9.89 Å². The number of likely N-dealkylation sites (tertiary alicyclic amines) is 1. The summed E-state index contributed by atoms with van der Waals surface area (Å²) in [6.07, 6.45) is -0.461. The minimum atomic E-state index is -2.30. The topological polar surface area (TPSA) is 39.7 Å². The Morgan fingerprint density at radius 3 is 2.64 bits per heavy atom. The lowest BCUT2D eigenvalue weighted by molar-refractivity contribution is 0.0744. The average molecular weight is 360 g/mol. The number of guanidine groups is 1. The van der Waals surface area contributed by atoms with Crippen molar-refractivity contribution in [3.63, 3.8) is 0 Å². The van der Waals surface area contributed by atoms with Crippen molar-refractivity contribution < 1.29 is 17.6 Å². The highest BCUT2D eigenvalue weighted by Crippen LogP contribution is 2.12. The van der Waals surface area contributed by atoms with Gasteiger partial charge in [0, 0.05) is 32.7 Å². The standard InChI is InChI=1S/C17H24F4N4/c1-22-17(23-7-4-12-10-13(18)2-3-15(12)19)24-14-5-8-25(9-6-14)11-16(20)21/h2-3,10,14,16H,4-9,11H2,1H3,(H2,22,23,24). The minimum absolute atomic E-state index is 0.158. The number of aliphatic imine (C=N–C) groups is 1. The highest BCUT2D eigenvalue weighted by atomic mass is 19.3. The Kier molecular flexibility index (Phi) is 7.49. The van der Waals surface area contributed by atoms with Crippen molar-refractivity contribution in [2.45, 2.75) is 31.7 Å². The van der Waals surface area contributed by atoms with Gasteiger partial charge in [0.15, 0.2) is 5.96 Å². The number of rotatable bonds is 6. The number of alkyl halides is 2. The molecule has 1 aromatic carbocycles. The van der Waals surface area contributed by atoms with Crippen molar-refractivity contribution in [1.82, 2.24) is 15.5 Å². The molecule has 1 fully saturated rings. The molecule has 1 heterocycles. The molecule has 0 atom stereocenters. The number of benzene rings is 1. The zero-order valence-electron chi connectivity index (χ0n) is 14.2. The summed E-state index contributed by atoms with van der Waals surface area (Å²) in [6.45, 7) is 1.46. The maximum absolute atomic E-state index is 13.6. The molecule has 0 spiro atoms. The molecular weight excluding hydrogens is 336 g/mol. The number of nitrogens with one attached hydrogen (secondary N) is 2. The molecule has 0 radical (unpaired) electrons. The number of halogens is 4. The van der Waals surface area contributed by atoms with E-state index in [1.54, 1.807) is 11.9 Å². The summed E-state index contributed by atoms with van der Waals surface area (Å²) >= 11 is 0. The highest BCUT2D eigenvalue weighted by Gasteiger charge is 2.21. The molecule has 1 saturated heterocycles. The molecule has 1 aromatic rings. The monoisotopic (exact) mass is 360 g/mol. The van der Waals surface area contributed by atoms with Crippen molar-refractivity contribution in [3.8, 4) is 0 Å². The van der Waals surface area contributed by atoms with E-state index in [-0.39, 0.29) is 12.6 Å². The summed E-state index contributed by atoms with van der Waals surface area (Å²) in [5.74, 6) is -0.323. The van der Waals surface area contributed by atoms with Gasteiger partial charge in [-0.15, -0.1) is 0 Å². The quantitative estimate of drug-likeness (QED) is 0.465. The van der Waals surface area contributed by atoms with Crippen LogP contribution in [0.2, 0.25) is 0 Å². The van der Waals surface area contributed by atoms with Gasteiger partial charge in [0.05, 0.1) is 6.54 Å². The molecule has 0 aromatic heterocycles. The van der Waals surface area contributed by atoms with Crippen LogP contribution >= 0.6 is 0 Å². The summed E-state index contributed by atoms with van der Waals surface area (Å²) in [5.41, 5.74) is 0.309. The summed E-state index contributed by atoms with van der Waals surface area (Å²) in [7, 11) is 1.63. The van der Waals surface area contributed by atoms with E-state index < -0.39 is 18.1 Å². The summed E-state index contributed by atoms with van der Waals surface area (Å²) in [6, 6.07) is 3.55. The Hall–Kier alpha value is -1.83. The predicted molar refractivity (Wildman–Crippen MR) is 90.0 cm³/mol. The lowest BCUT2D eigenvalue weighted by Crippen LogP contribution is -2.49. The molecule has 0 aliphatic carbocycles. The molecule has 0 amide bonds. The molecule has 4 nitrogen and oxygen atoms in total. The largest absolute Gasteiger partial charge is 0.356 e. The Morgan fingerprint density at radius 2 is 2.00 bits per heavy atom. The number of nitrogens with zero attached hydrogens (tertiary/aromatic N) is 2. The van der Waals surface area contributed by atoms with Crippen LogP contribution in [0.25, 0.3) is 0 Å². The second-order valence-corrected chi connectivity index (χ2v) is 6.10. The van der Waals surface area contributed by atoms with Gasteiger partial charge in [0.25, 0.3) is 6.43 Å².